The van der Waals surface area contributed by atoms with Crippen LogP contribution < -0.4 is 5.32 Å². The molecule has 1 aromatic carbocycles. The number of anilines is 2. The number of nitrogens with zero attached hydrogens (tertiary/aromatic N) is 7. The first kappa shape index (κ1) is 33.7. The number of ether oxygens (including phenoxy) is 2. The van der Waals surface area contributed by atoms with Crippen LogP contribution in [0.25, 0.3) is 11.4 Å². The maximum Gasteiger partial charge on any atom is 0.410 e. The zero-order valence-corrected chi connectivity index (χ0v) is 27.5. The van der Waals surface area contributed by atoms with E-state index in [1.54, 1.807) is 11.1 Å². The maximum atomic E-state index is 12.4. The number of likely N-dealkylation sites (N-methyl/N-ethyl adjacent to an activating group) is 1. The number of carbonyl (C=O) groups excluding carboxylic acids is 2. The lowest BCUT2D eigenvalue weighted by Crippen LogP contribution is -2.50. The Kier molecular flexibility index (Phi) is 11.1. The van der Waals surface area contributed by atoms with Crippen molar-refractivity contribution in [2.75, 3.05) is 51.6 Å². The van der Waals surface area contributed by atoms with Crippen LogP contribution in [-0.4, -0.2) is 104 Å². The average Bonchev–Trinajstić information content (AvgIpc) is 2.95. The number of benzene rings is 1. The SMILES string of the molecule is CN(CC(=O)OC(C)(C)C)Cc1cccc(Nc2ncnc(-c3ccnc(CCN4CCN(C(=O)OC(C)(C)C)CC4)c3)n2)c1. The van der Waals surface area contributed by atoms with Gasteiger partial charge in [0, 0.05) is 68.8 Å². The number of piperazine rings is 1. The number of carbonyl (C=O) groups is 2. The predicted octanol–water partition coefficient (Wildman–Crippen LogP) is 4.55. The third-order valence-electron chi connectivity index (χ3n) is 6.81. The molecule has 2 aromatic heterocycles. The van der Waals surface area contributed by atoms with E-state index in [-0.39, 0.29) is 18.6 Å². The van der Waals surface area contributed by atoms with Gasteiger partial charge in [-0.3, -0.25) is 19.6 Å². The largest absolute Gasteiger partial charge is 0.459 e. The van der Waals surface area contributed by atoms with E-state index in [0.29, 0.717) is 31.4 Å². The van der Waals surface area contributed by atoms with Crippen LogP contribution in [0.15, 0.2) is 48.9 Å². The number of amides is 1. The summed E-state index contributed by atoms with van der Waals surface area (Å²) in [7, 11) is 1.89. The van der Waals surface area contributed by atoms with Gasteiger partial charge in [-0.1, -0.05) is 12.1 Å². The number of pyridine rings is 1. The van der Waals surface area contributed by atoms with E-state index >= 15 is 0 Å². The van der Waals surface area contributed by atoms with Crippen molar-refractivity contribution < 1.29 is 19.1 Å². The van der Waals surface area contributed by atoms with Gasteiger partial charge in [-0.25, -0.2) is 14.8 Å². The highest BCUT2D eigenvalue weighted by molar-refractivity contribution is 5.72. The van der Waals surface area contributed by atoms with Gasteiger partial charge < -0.3 is 19.7 Å². The third-order valence-corrected chi connectivity index (χ3v) is 6.81. The Hall–Kier alpha value is -4.16. The molecule has 1 amide bonds. The molecule has 0 unspecified atom stereocenters. The van der Waals surface area contributed by atoms with Gasteiger partial charge in [-0.2, -0.15) is 4.98 Å². The van der Waals surface area contributed by atoms with Crippen molar-refractivity contribution in [2.24, 2.45) is 0 Å². The third kappa shape index (κ3) is 11.4. The molecule has 0 bridgehead atoms. The molecule has 12 heteroatoms. The molecule has 0 spiro atoms. The number of hydrogen-bond acceptors (Lipinski definition) is 11. The fourth-order valence-electron chi connectivity index (χ4n) is 4.84. The molecule has 1 aliphatic heterocycles. The molecule has 0 atom stereocenters. The van der Waals surface area contributed by atoms with Gasteiger partial charge in [0.25, 0.3) is 0 Å². The van der Waals surface area contributed by atoms with Crippen molar-refractivity contribution in [3.05, 3.63) is 60.2 Å². The number of rotatable bonds is 10. The second kappa shape index (κ2) is 14.7. The fourth-order valence-corrected chi connectivity index (χ4v) is 4.84. The lowest BCUT2D eigenvalue weighted by molar-refractivity contribution is -0.155. The molecule has 0 saturated carbocycles. The van der Waals surface area contributed by atoms with E-state index in [0.717, 1.165) is 48.6 Å². The Labute approximate surface area is 266 Å². The Morgan fingerprint density at radius 1 is 0.933 bits per heavy atom. The van der Waals surface area contributed by atoms with Crippen molar-refractivity contribution in [3.63, 3.8) is 0 Å². The molecular formula is C33H46N8O4. The van der Waals surface area contributed by atoms with Crippen LogP contribution in [0, 0.1) is 0 Å². The molecule has 12 nitrogen and oxygen atoms in total. The molecule has 4 rings (SSSR count). The number of esters is 1. The molecular weight excluding hydrogens is 572 g/mol. The minimum absolute atomic E-state index is 0.199. The average molecular weight is 619 g/mol. The summed E-state index contributed by atoms with van der Waals surface area (Å²) in [6, 6.07) is 11.8. The fraction of sp³-hybridized carbons (Fsp3) is 0.515. The molecule has 1 saturated heterocycles. The predicted molar refractivity (Wildman–Crippen MR) is 173 cm³/mol. The molecule has 0 radical (unpaired) electrons. The molecule has 45 heavy (non-hydrogen) atoms. The smallest absolute Gasteiger partial charge is 0.410 e. The highest BCUT2D eigenvalue weighted by Gasteiger charge is 2.25. The van der Waals surface area contributed by atoms with Crippen molar-refractivity contribution >= 4 is 23.7 Å². The summed E-state index contributed by atoms with van der Waals surface area (Å²) in [6.07, 6.45) is 3.79. The quantitative estimate of drug-likeness (QED) is 0.322. The summed E-state index contributed by atoms with van der Waals surface area (Å²) in [5, 5.41) is 3.27. The Morgan fingerprint density at radius 3 is 2.38 bits per heavy atom. The molecule has 3 heterocycles. The van der Waals surface area contributed by atoms with Crippen LogP contribution >= 0.6 is 0 Å². The van der Waals surface area contributed by atoms with Gasteiger partial charge in [0.1, 0.15) is 17.5 Å². The van der Waals surface area contributed by atoms with Crippen LogP contribution in [0.3, 0.4) is 0 Å². The molecule has 242 valence electrons. The Balaban J connectivity index is 1.31. The first-order valence-corrected chi connectivity index (χ1v) is 15.3. The summed E-state index contributed by atoms with van der Waals surface area (Å²) < 4.78 is 10.9. The Morgan fingerprint density at radius 2 is 1.67 bits per heavy atom. The maximum absolute atomic E-state index is 12.4. The lowest BCUT2D eigenvalue weighted by Gasteiger charge is -2.35. The number of hydrogen-bond donors (Lipinski definition) is 1. The summed E-state index contributed by atoms with van der Waals surface area (Å²) in [4.78, 5) is 48.5. The second-order valence-electron chi connectivity index (χ2n) is 13.3. The van der Waals surface area contributed by atoms with Gasteiger partial charge >= 0.3 is 12.1 Å². The monoisotopic (exact) mass is 618 g/mol. The van der Waals surface area contributed by atoms with Gasteiger partial charge in [-0.15, -0.1) is 0 Å². The van der Waals surface area contributed by atoms with Gasteiger partial charge in [0.05, 0.1) is 6.54 Å². The number of nitrogens with one attached hydrogen (secondary N) is 1. The highest BCUT2D eigenvalue weighted by Crippen LogP contribution is 2.20. The first-order valence-electron chi connectivity index (χ1n) is 15.3. The van der Waals surface area contributed by atoms with Crippen molar-refractivity contribution in [3.8, 4) is 11.4 Å². The summed E-state index contributed by atoms with van der Waals surface area (Å²) >= 11 is 0. The lowest BCUT2D eigenvalue weighted by atomic mass is 10.1. The van der Waals surface area contributed by atoms with E-state index < -0.39 is 11.2 Å². The summed E-state index contributed by atoms with van der Waals surface area (Å²) in [6.45, 7) is 15.7. The second-order valence-corrected chi connectivity index (χ2v) is 13.3. The van der Waals surface area contributed by atoms with Crippen molar-refractivity contribution in [2.45, 2.75) is 65.7 Å². The van der Waals surface area contributed by atoms with Crippen LogP contribution in [0.2, 0.25) is 0 Å². The molecule has 3 aromatic rings. The zero-order valence-electron chi connectivity index (χ0n) is 27.5. The Bertz CT molecular complexity index is 1440. The van der Waals surface area contributed by atoms with E-state index in [9.17, 15) is 9.59 Å². The summed E-state index contributed by atoms with van der Waals surface area (Å²) in [5.74, 6) is 0.727. The van der Waals surface area contributed by atoms with Gasteiger partial charge in [0.15, 0.2) is 5.82 Å². The topological polar surface area (TPSA) is 126 Å². The van der Waals surface area contributed by atoms with Crippen LogP contribution in [0.1, 0.15) is 52.8 Å². The van der Waals surface area contributed by atoms with Gasteiger partial charge in [0.2, 0.25) is 5.95 Å². The van der Waals surface area contributed by atoms with E-state index in [4.69, 9.17) is 9.47 Å². The molecule has 1 aliphatic rings. The molecule has 1 N–H and O–H groups in total. The first-order chi connectivity index (χ1) is 21.2. The van der Waals surface area contributed by atoms with E-state index in [1.807, 2.05) is 89.9 Å². The van der Waals surface area contributed by atoms with Crippen LogP contribution in [0.5, 0.6) is 0 Å². The van der Waals surface area contributed by atoms with Gasteiger partial charge in [-0.05, 0) is 78.4 Å². The minimum atomic E-state index is -0.509. The minimum Gasteiger partial charge on any atom is -0.459 e. The normalized spacial score (nSPS) is 14.4. The standard InChI is InChI=1S/C33H46N8O4/c1-32(2,3)44-28(42)22-39(7)21-24-9-8-10-27(19-24)37-30-36-23-35-29(38-30)25-11-13-34-26(20-25)12-14-40-15-17-41(18-16-40)31(43)45-33(4,5)6/h8-11,13,19-20,23H,12,14-18,21-22H2,1-7H3,(H,35,36,37,38). The molecule has 0 aliphatic carbocycles. The number of aromatic nitrogens is 4. The highest BCUT2D eigenvalue weighted by atomic mass is 16.6. The van der Waals surface area contributed by atoms with Crippen LogP contribution in [-0.2, 0) is 27.2 Å². The summed E-state index contributed by atoms with van der Waals surface area (Å²) in [5.41, 5.74) is 2.67. The zero-order chi connectivity index (χ0) is 32.6. The van der Waals surface area contributed by atoms with Crippen molar-refractivity contribution in [1.29, 1.82) is 0 Å². The molecule has 1 fully saturated rings. The van der Waals surface area contributed by atoms with E-state index in [1.165, 1.54) is 6.33 Å². The van der Waals surface area contributed by atoms with E-state index in [2.05, 4.69) is 30.2 Å². The van der Waals surface area contributed by atoms with Crippen molar-refractivity contribution in [1.82, 2.24) is 34.6 Å². The van der Waals surface area contributed by atoms with Crippen LogP contribution in [0.4, 0.5) is 16.4 Å².